The highest BCUT2D eigenvalue weighted by atomic mass is 16.5. The van der Waals surface area contributed by atoms with Crippen molar-refractivity contribution >= 4 is 23.9 Å². The summed E-state index contributed by atoms with van der Waals surface area (Å²) in [5.74, 6) is -3.06. The van der Waals surface area contributed by atoms with Crippen molar-refractivity contribution in [1.29, 1.82) is 0 Å². The number of fused-ring (bicyclic) bond motifs is 3. The number of hydrogen-bond acceptors (Lipinski definition) is 6. The summed E-state index contributed by atoms with van der Waals surface area (Å²) in [6.07, 6.45) is 0. The van der Waals surface area contributed by atoms with Crippen molar-refractivity contribution in [2.75, 3.05) is 0 Å². The van der Waals surface area contributed by atoms with Crippen LogP contribution in [-0.2, 0) is 5.41 Å². The second-order valence-electron chi connectivity index (χ2n) is 11.4. The lowest BCUT2D eigenvalue weighted by Gasteiger charge is -2.34. The first-order valence-corrected chi connectivity index (χ1v) is 15.3. The fourth-order valence-electron chi connectivity index (χ4n) is 6.46. The number of hydrogen-bond donors (Lipinski definition) is 2. The van der Waals surface area contributed by atoms with Gasteiger partial charge in [0.05, 0.1) is 27.7 Å². The van der Waals surface area contributed by atoms with E-state index < -0.39 is 29.3 Å². The number of esters is 2. The molecule has 2 N–H and O–H groups in total. The lowest BCUT2D eigenvalue weighted by molar-refractivity contribution is 0.0684. The molecule has 0 amide bonds. The maximum Gasteiger partial charge on any atom is 0.343 e. The third kappa shape index (κ3) is 5.51. The third-order valence-corrected chi connectivity index (χ3v) is 8.64. The molecule has 6 aromatic carbocycles. The van der Waals surface area contributed by atoms with Crippen LogP contribution in [0.2, 0.25) is 0 Å². The van der Waals surface area contributed by atoms with Gasteiger partial charge in [0.1, 0.15) is 11.5 Å². The van der Waals surface area contributed by atoms with Crippen LogP contribution in [0, 0.1) is 0 Å². The molecule has 0 saturated carbocycles. The standard InChI is InChI=1S/C41H26O8/c42-37(43)25-7-5-9-27(23-25)39(46)48-31-19-15-29(16-20-31)41(35-13-3-1-11-33(35)34-12-2-4-14-36(34)41)30-17-21-32(22-18-30)49-40(47)28-10-6-8-26(24-28)38(44)45/h1-24H,(H,42,43)(H,44,45). The number of carboxylic acid groups (broad SMARTS) is 2. The summed E-state index contributed by atoms with van der Waals surface area (Å²) in [5, 5.41) is 18.6. The molecule has 6 aromatic rings. The minimum atomic E-state index is -1.14. The van der Waals surface area contributed by atoms with Crippen molar-refractivity contribution in [3.05, 3.63) is 190 Å². The minimum absolute atomic E-state index is 0.0153. The van der Waals surface area contributed by atoms with Gasteiger partial charge in [-0.25, -0.2) is 19.2 Å². The average molecular weight is 647 g/mol. The van der Waals surface area contributed by atoms with Crippen molar-refractivity contribution < 1.29 is 38.9 Å². The third-order valence-electron chi connectivity index (χ3n) is 8.64. The highest BCUT2D eigenvalue weighted by Gasteiger charge is 2.45. The molecule has 238 valence electrons. The Labute approximate surface area is 280 Å². The summed E-state index contributed by atoms with van der Waals surface area (Å²) in [4.78, 5) is 48.6. The van der Waals surface area contributed by atoms with Crippen molar-refractivity contribution in [3.63, 3.8) is 0 Å². The van der Waals surface area contributed by atoms with Crippen LogP contribution in [0.25, 0.3) is 11.1 Å². The van der Waals surface area contributed by atoms with Gasteiger partial charge in [-0.05, 0) is 94.0 Å². The molecule has 0 heterocycles. The van der Waals surface area contributed by atoms with Gasteiger partial charge in [-0.2, -0.15) is 0 Å². The van der Waals surface area contributed by atoms with E-state index in [1.54, 1.807) is 24.3 Å². The summed E-state index contributed by atoms with van der Waals surface area (Å²) in [6.45, 7) is 0. The molecule has 0 bridgehead atoms. The van der Waals surface area contributed by atoms with E-state index in [1.165, 1.54) is 48.5 Å². The largest absolute Gasteiger partial charge is 0.478 e. The van der Waals surface area contributed by atoms with Gasteiger partial charge in [-0.15, -0.1) is 0 Å². The molecule has 49 heavy (non-hydrogen) atoms. The molecule has 0 radical (unpaired) electrons. The van der Waals surface area contributed by atoms with Crippen LogP contribution in [0.3, 0.4) is 0 Å². The summed E-state index contributed by atoms with van der Waals surface area (Å²) in [5.41, 5.74) is 5.44. The summed E-state index contributed by atoms with van der Waals surface area (Å²) in [7, 11) is 0. The Kier molecular flexibility index (Phi) is 7.82. The fourth-order valence-corrected chi connectivity index (χ4v) is 6.46. The van der Waals surface area contributed by atoms with E-state index in [0.29, 0.717) is 11.5 Å². The molecule has 0 spiro atoms. The molecule has 0 fully saturated rings. The van der Waals surface area contributed by atoms with Crippen molar-refractivity contribution in [3.8, 4) is 22.6 Å². The van der Waals surface area contributed by atoms with Gasteiger partial charge in [0.25, 0.3) is 0 Å². The molecular formula is C41H26O8. The number of ether oxygens (including phenoxy) is 2. The summed E-state index contributed by atoms with van der Waals surface area (Å²) in [6, 6.07) is 42.1. The molecule has 0 unspecified atom stereocenters. The maximum atomic E-state index is 12.9. The predicted molar refractivity (Wildman–Crippen MR) is 180 cm³/mol. The van der Waals surface area contributed by atoms with Crippen molar-refractivity contribution in [2.45, 2.75) is 5.41 Å². The monoisotopic (exact) mass is 646 g/mol. The lowest BCUT2D eigenvalue weighted by atomic mass is 9.68. The topological polar surface area (TPSA) is 127 Å². The fraction of sp³-hybridized carbons (Fsp3) is 0.0244. The second-order valence-corrected chi connectivity index (χ2v) is 11.4. The van der Waals surface area contributed by atoms with Gasteiger partial charge in [0, 0.05) is 0 Å². The highest BCUT2D eigenvalue weighted by molar-refractivity contribution is 5.96. The van der Waals surface area contributed by atoms with Gasteiger partial charge >= 0.3 is 23.9 Å². The Morgan fingerprint density at radius 3 is 1.18 bits per heavy atom. The van der Waals surface area contributed by atoms with Crippen LogP contribution in [0.1, 0.15) is 63.7 Å². The van der Waals surface area contributed by atoms with Crippen LogP contribution in [0.5, 0.6) is 11.5 Å². The number of aromatic carboxylic acids is 2. The Morgan fingerprint density at radius 1 is 0.429 bits per heavy atom. The van der Waals surface area contributed by atoms with Crippen LogP contribution in [0.15, 0.2) is 146 Å². The normalized spacial score (nSPS) is 12.3. The number of carbonyl (C=O) groups is 4. The number of rotatable bonds is 8. The molecule has 1 aliphatic rings. The first-order chi connectivity index (χ1) is 23.8. The van der Waals surface area contributed by atoms with Gasteiger partial charge < -0.3 is 19.7 Å². The van der Waals surface area contributed by atoms with E-state index >= 15 is 0 Å². The van der Waals surface area contributed by atoms with Gasteiger partial charge in [-0.3, -0.25) is 0 Å². The van der Waals surface area contributed by atoms with E-state index in [2.05, 4.69) is 24.3 Å². The van der Waals surface area contributed by atoms with E-state index in [9.17, 15) is 29.4 Å². The zero-order valence-electron chi connectivity index (χ0n) is 25.7. The zero-order valence-corrected chi connectivity index (χ0v) is 25.7. The van der Waals surface area contributed by atoms with Gasteiger partial charge in [0.2, 0.25) is 0 Å². The van der Waals surface area contributed by atoms with Crippen LogP contribution >= 0.6 is 0 Å². The smallest absolute Gasteiger partial charge is 0.343 e. The Morgan fingerprint density at radius 2 is 0.796 bits per heavy atom. The SMILES string of the molecule is O=C(O)c1cccc(C(=O)Oc2ccc(C3(c4ccc(OC(=O)c5cccc(C(=O)O)c5)cc4)c4ccccc4-c4ccccc43)cc2)c1. The lowest BCUT2D eigenvalue weighted by Crippen LogP contribution is -2.28. The molecule has 7 rings (SSSR count). The van der Waals surface area contributed by atoms with Crippen molar-refractivity contribution in [2.24, 2.45) is 0 Å². The average Bonchev–Trinajstić information content (AvgIpc) is 3.43. The van der Waals surface area contributed by atoms with Crippen LogP contribution < -0.4 is 9.47 Å². The van der Waals surface area contributed by atoms with Crippen molar-refractivity contribution in [1.82, 2.24) is 0 Å². The Balaban J connectivity index is 1.26. The molecule has 1 aliphatic carbocycles. The van der Waals surface area contributed by atoms with E-state index in [1.807, 2.05) is 48.5 Å². The maximum absolute atomic E-state index is 12.9. The summed E-state index contributed by atoms with van der Waals surface area (Å²) >= 11 is 0. The number of carboxylic acids is 2. The molecule has 0 aromatic heterocycles. The Bertz CT molecular complexity index is 2110. The molecule has 8 nitrogen and oxygen atoms in total. The first kappa shape index (κ1) is 30.8. The van der Waals surface area contributed by atoms with E-state index in [-0.39, 0.29) is 22.3 Å². The quantitative estimate of drug-likeness (QED) is 0.126. The molecule has 8 heteroatoms. The van der Waals surface area contributed by atoms with Crippen LogP contribution in [0.4, 0.5) is 0 Å². The van der Waals surface area contributed by atoms with E-state index in [0.717, 1.165) is 33.4 Å². The summed E-state index contributed by atoms with van der Waals surface area (Å²) < 4.78 is 11.3. The molecule has 0 aliphatic heterocycles. The number of benzene rings is 6. The number of carbonyl (C=O) groups excluding carboxylic acids is 2. The van der Waals surface area contributed by atoms with Gasteiger partial charge in [-0.1, -0.05) is 84.9 Å². The van der Waals surface area contributed by atoms with Gasteiger partial charge in [0.15, 0.2) is 0 Å². The molecule has 0 saturated heterocycles. The minimum Gasteiger partial charge on any atom is -0.478 e. The molecular weight excluding hydrogens is 620 g/mol. The van der Waals surface area contributed by atoms with E-state index in [4.69, 9.17) is 9.47 Å². The first-order valence-electron chi connectivity index (χ1n) is 15.3. The molecule has 0 atom stereocenters. The highest BCUT2D eigenvalue weighted by Crippen LogP contribution is 2.56. The second kappa shape index (κ2) is 12.4. The van der Waals surface area contributed by atoms with Crippen LogP contribution in [-0.4, -0.2) is 34.1 Å². The Hall–Kier alpha value is -6.80. The predicted octanol–water partition coefficient (Wildman–Crippen LogP) is 7.88. The zero-order chi connectivity index (χ0) is 34.1.